The summed E-state index contributed by atoms with van der Waals surface area (Å²) in [6.07, 6.45) is 0. The Kier molecular flexibility index (Phi) is 5.66. The molecular weight excluding hydrogens is 330 g/mol. The van der Waals surface area contributed by atoms with Crippen LogP contribution in [-0.4, -0.2) is 40.9 Å². The van der Waals surface area contributed by atoms with E-state index in [1.165, 1.54) is 17.0 Å². The molecule has 0 aromatic heterocycles. The molecule has 7 nitrogen and oxygen atoms in total. The minimum atomic E-state index is -1.04. The summed E-state index contributed by atoms with van der Waals surface area (Å²) in [5.41, 5.74) is 11.1. The number of nitrogens with two attached hydrogens (primary N) is 2. The summed E-state index contributed by atoms with van der Waals surface area (Å²) in [6.45, 7) is 0.0124. The molecule has 0 spiro atoms. The molecule has 0 saturated heterocycles. The van der Waals surface area contributed by atoms with Gasteiger partial charge in [0, 0.05) is 11.0 Å². The Bertz CT molecular complexity index is 532. The highest BCUT2D eigenvalue weighted by molar-refractivity contribution is 9.10. The van der Waals surface area contributed by atoms with Crippen LogP contribution in [-0.2, 0) is 16.1 Å². The van der Waals surface area contributed by atoms with Crippen molar-refractivity contribution in [1.29, 1.82) is 0 Å². The maximum Gasteiger partial charge on any atom is 0.335 e. The van der Waals surface area contributed by atoms with Crippen molar-refractivity contribution < 1.29 is 19.5 Å². The van der Waals surface area contributed by atoms with E-state index in [0.29, 0.717) is 4.47 Å². The van der Waals surface area contributed by atoms with Crippen molar-refractivity contribution in [2.45, 2.75) is 6.54 Å². The van der Waals surface area contributed by atoms with E-state index in [1.807, 2.05) is 0 Å². The number of carboxylic acid groups (broad SMARTS) is 1. The molecule has 2 amide bonds. The Morgan fingerprint density at radius 3 is 2.10 bits per heavy atom. The summed E-state index contributed by atoms with van der Waals surface area (Å²) in [5.74, 6) is -2.20. The van der Waals surface area contributed by atoms with Gasteiger partial charge in [-0.2, -0.15) is 0 Å². The first-order valence-corrected chi connectivity index (χ1v) is 6.39. The minimum absolute atomic E-state index is 0.115. The number of hydrogen-bond donors (Lipinski definition) is 3. The normalized spacial score (nSPS) is 10.5. The molecule has 0 radical (unpaired) electrons. The van der Waals surface area contributed by atoms with Gasteiger partial charge < -0.3 is 16.6 Å². The van der Waals surface area contributed by atoms with Crippen molar-refractivity contribution >= 4 is 33.7 Å². The number of rotatable bonds is 7. The molecule has 0 bridgehead atoms. The highest BCUT2D eigenvalue weighted by Crippen LogP contribution is 2.20. The molecule has 0 atom stereocenters. The largest absolute Gasteiger partial charge is 0.478 e. The van der Waals surface area contributed by atoms with Crippen LogP contribution in [0.4, 0.5) is 0 Å². The van der Waals surface area contributed by atoms with E-state index < -0.39 is 17.8 Å². The zero-order valence-electron chi connectivity index (χ0n) is 10.5. The number of benzene rings is 1. The Hall–Kier alpha value is -1.93. The number of amides is 2. The van der Waals surface area contributed by atoms with Gasteiger partial charge in [0.2, 0.25) is 11.8 Å². The Morgan fingerprint density at radius 1 is 1.15 bits per heavy atom. The van der Waals surface area contributed by atoms with E-state index in [1.54, 1.807) is 6.07 Å². The number of nitrogens with zero attached hydrogens (tertiary/aromatic N) is 1. The smallest absolute Gasteiger partial charge is 0.335 e. The third kappa shape index (κ3) is 4.98. The third-order valence-corrected chi connectivity index (χ3v) is 3.19. The predicted octanol–water partition coefficient (Wildman–Crippen LogP) is -0.0801. The van der Waals surface area contributed by atoms with E-state index in [9.17, 15) is 14.4 Å². The molecule has 5 N–H and O–H groups in total. The van der Waals surface area contributed by atoms with Crippen LogP contribution in [0.3, 0.4) is 0 Å². The average Bonchev–Trinajstić information content (AvgIpc) is 2.29. The number of carbonyl (C=O) groups excluding carboxylic acids is 2. The van der Waals surface area contributed by atoms with Gasteiger partial charge in [0.25, 0.3) is 0 Å². The number of primary amides is 2. The molecule has 0 heterocycles. The molecule has 0 unspecified atom stereocenters. The highest BCUT2D eigenvalue weighted by Gasteiger charge is 2.14. The first-order chi connectivity index (χ1) is 9.29. The van der Waals surface area contributed by atoms with Crippen molar-refractivity contribution in [2.75, 3.05) is 13.1 Å². The fourth-order valence-electron chi connectivity index (χ4n) is 1.66. The summed E-state index contributed by atoms with van der Waals surface area (Å²) >= 11 is 3.25. The lowest BCUT2D eigenvalue weighted by Gasteiger charge is -2.19. The average molecular weight is 344 g/mol. The lowest BCUT2D eigenvalue weighted by atomic mass is 10.1. The van der Waals surface area contributed by atoms with E-state index in [2.05, 4.69) is 15.9 Å². The van der Waals surface area contributed by atoms with Crippen molar-refractivity contribution in [2.24, 2.45) is 11.5 Å². The van der Waals surface area contributed by atoms with Crippen molar-refractivity contribution in [3.63, 3.8) is 0 Å². The molecule has 20 heavy (non-hydrogen) atoms. The Balaban J connectivity index is 2.90. The van der Waals surface area contributed by atoms with Crippen molar-refractivity contribution in [3.8, 4) is 0 Å². The SMILES string of the molecule is NC(=O)CN(CC(N)=O)Cc1ccc(C(=O)O)cc1Br. The molecule has 0 aliphatic heterocycles. The Labute approximate surface area is 123 Å². The van der Waals surface area contributed by atoms with E-state index >= 15 is 0 Å². The maximum absolute atomic E-state index is 10.9. The number of hydrogen-bond acceptors (Lipinski definition) is 4. The zero-order valence-corrected chi connectivity index (χ0v) is 12.1. The summed E-state index contributed by atoms with van der Waals surface area (Å²) < 4.78 is 0.566. The van der Waals surface area contributed by atoms with E-state index in [0.717, 1.165) is 5.56 Å². The second-order valence-corrected chi connectivity index (χ2v) is 5.04. The van der Waals surface area contributed by atoms with Crippen LogP contribution in [0.1, 0.15) is 15.9 Å². The van der Waals surface area contributed by atoms with Crippen LogP contribution in [0.15, 0.2) is 22.7 Å². The second-order valence-electron chi connectivity index (χ2n) is 4.19. The molecule has 0 fully saturated rings. The van der Waals surface area contributed by atoms with Crippen LogP contribution in [0.5, 0.6) is 0 Å². The van der Waals surface area contributed by atoms with Crippen LogP contribution in [0.25, 0.3) is 0 Å². The van der Waals surface area contributed by atoms with Gasteiger partial charge in [0.05, 0.1) is 18.7 Å². The fourth-order valence-corrected chi connectivity index (χ4v) is 2.16. The Morgan fingerprint density at radius 2 is 1.70 bits per heavy atom. The van der Waals surface area contributed by atoms with Crippen LogP contribution in [0, 0.1) is 0 Å². The van der Waals surface area contributed by atoms with Gasteiger partial charge in [0.15, 0.2) is 0 Å². The highest BCUT2D eigenvalue weighted by atomic mass is 79.9. The molecule has 1 rings (SSSR count). The van der Waals surface area contributed by atoms with Crippen LogP contribution >= 0.6 is 15.9 Å². The van der Waals surface area contributed by atoms with Gasteiger partial charge in [-0.05, 0) is 17.7 Å². The minimum Gasteiger partial charge on any atom is -0.478 e. The van der Waals surface area contributed by atoms with Crippen LogP contribution < -0.4 is 11.5 Å². The van der Waals surface area contributed by atoms with Crippen molar-refractivity contribution in [1.82, 2.24) is 4.90 Å². The second kappa shape index (κ2) is 7.01. The number of carboxylic acids is 1. The summed E-state index contributed by atoms with van der Waals surface area (Å²) in [4.78, 5) is 34.2. The first kappa shape index (κ1) is 16.1. The zero-order chi connectivity index (χ0) is 15.3. The molecule has 0 aliphatic rings. The van der Waals surface area contributed by atoms with Gasteiger partial charge in [-0.1, -0.05) is 22.0 Å². The monoisotopic (exact) mass is 343 g/mol. The lowest BCUT2D eigenvalue weighted by molar-refractivity contribution is -0.122. The topological polar surface area (TPSA) is 127 Å². The van der Waals surface area contributed by atoms with Crippen LogP contribution in [0.2, 0.25) is 0 Å². The molecular formula is C12H14BrN3O4. The number of halogens is 1. The summed E-state index contributed by atoms with van der Waals surface area (Å²) in [5, 5.41) is 8.87. The molecule has 0 aliphatic carbocycles. The number of aromatic carboxylic acids is 1. The van der Waals surface area contributed by atoms with Gasteiger partial charge in [-0.3, -0.25) is 14.5 Å². The summed E-state index contributed by atoms with van der Waals surface area (Å²) in [7, 11) is 0. The molecule has 1 aromatic carbocycles. The third-order valence-electron chi connectivity index (χ3n) is 2.45. The maximum atomic E-state index is 10.9. The van der Waals surface area contributed by atoms with Crippen molar-refractivity contribution in [3.05, 3.63) is 33.8 Å². The standard InChI is InChI=1S/C12H14BrN3O4/c13-9-3-7(12(19)20)1-2-8(9)4-16(5-10(14)17)6-11(15)18/h1-3H,4-6H2,(H2,14,17)(H2,15,18)(H,19,20). The van der Waals surface area contributed by atoms with Gasteiger partial charge >= 0.3 is 5.97 Å². The molecule has 108 valence electrons. The predicted molar refractivity (Wildman–Crippen MR) is 74.8 cm³/mol. The summed E-state index contributed by atoms with van der Waals surface area (Å²) in [6, 6.07) is 4.49. The lowest BCUT2D eigenvalue weighted by Crippen LogP contribution is -2.39. The molecule has 8 heteroatoms. The van der Waals surface area contributed by atoms with E-state index in [4.69, 9.17) is 16.6 Å². The van der Waals surface area contributed by atoms with Gasteiger partial charge in [0.1, 0.15) is 0 Å². The quantitative estimate of drug-likeness (QED) is 0.638. The fraction of sp³-hybridized carbons (Fsp3) is 0.250. The first-order valence-electron chi connectivity index (χ1n) is 5.60. The van der Waals surface area contributed by atoms with Gasteiger partial charge in [-0.15, -0.1) is 0 Å². The molecule has 1 aromatic rings. The van der Waals surface area contributed by atoms with E-state index in [-0.39, 0.29) is 25.2 Å². The van der Waals surface area contributed by atoms with Gasteiger partial charge in [-0.25, -0.2) is 4.79 Å². The number of carbonyl (C=O) groups is 3. The molecule has 0 saturated carbocycles.